The van der Waals surface area contributed by atoms with Crippen molar-refractivity contribution in [2.75, 3.05) is 0 Å². The number of hydrazone groups is 1. The molecule has 0 saturated heterocycles. The predicted octanol–water partition coefficient (Wildman–Crippen LogP) is 2.48. The molecule has 0 amide bonds. The van der Waals surface area contributed by atoms with Crippen LogP contribution in [-0.2, 0) is 6.42 Å². The predicted molar refractivity (Wildman–Crippen MR) is 105 cm³/mol. The number of hydrogen-bond acceptors (Lipinski definition) is 4. The standard InChI is InChI=1S/C20H24N6/c1-13-4-3-5-17(14(13)2)18(19-11-23-12-24-19)10-15-6-8-16(9-7-15)20(25-21)26-22/h3-9,11-12,18H,10,21-22H2,1-2H3,(H,23,24)(H,25,26). The van der Waals surface area contributed by atoms with E-state index in [4.69, 9.17) is 11.7 Å². The zero-order valence-corrected chi connectivity index (χ0v) is 15.0. The Kier molecular flexibility index (Phi) is 5.34. The maximum absolute atomic E-state index is 5.43. The molecule has 0 radical (unpaired) electrons. The Bertz CT molecular complexity index is 881. The molecule has 6 heteroatoms. The average molecular weight is 348 g/mol. The fourth-order valence-electron chi connectivity index (χ4n) is 3.23. The third kappa shape index (κ3) is 3.60. The Morgan fingerprint density at radius 3 is 2.58 bits per heavy atom. The zero-order chi connectivity index (χ0) is 18.5. The summed E-state index contributed by atoms with van der Waals surface area (Å²) in [5.41, 5.74) is 9.59. The minimum atomic E-state index is 0.207. The molecule has 0 spiro atoms. The van der Waals surface area contributed by atoms with Gasteiger partial charge in [-0.25, -0.2) is 10.8 Å². The Morgan fingerprint density at radius 1 is 1.19 bits per heavy atom. The first-order valence-corrected chi connectivity index (χ1v) is 8.52. The summed E-state index contributed by atoms with van der Waals surface area (Å²) in [6, 6.07) is 14.5. The number of benzene rings is 2. The summed E-state index contributed by atoms with van der Waals surface area (Å²) in [4.78, 5) is 7.49. The SMILES string of the molecule is Cc1cccc(C(Cc2ccc(/C(=N/N)NN)cc2)c2cnc[nH]2)c1C. The van der Waals surface area contributed by atoms with Gasteiger partial charge in [0.1, 0.15) is 0 Å². The quantitative estimate of drug-likeness (QED) is 0.246. The van der Waals surface area contributed by atoms with E-state index in [-0.39, 0.29) is 5.92 Å². The molecule has 1 heterocycles. The number of amidine groups is 1. The summed E-state index contributed by atoms with van der Waals surface area (Å²) in [6.45, 7) is 4.32. The summed E-state index contributed by atoms with van der Waals surface area (Å²) in [5, 5.41) is 3.64. The van der Waals surface area contributed by atoms with Crippen LogP contribution in [0.25, 0.3) is 0 Å². The lowest BCUT2D eigenvalue weighted by Crippen LogP contribution is -2.32. The zero-order valence-electron chi connectivity index (χ0n) is 15.0. The van der Waals surface area contributed by atoms with Crippen LogP contribution < -0.4 is 17.1 Å². The Hall–Kier alpha value is -3.12. The van der Waals surface area contributed by atoms with Gasteiger partial charge in [-0.1, -0.05) is 42.5 Å². The van der Waals surface area contributed by atoms with Gasteiger partial charge in [0.15, 0.2) is 5.84 Å². The number of imidazole rings is 1. The topological polar surface area (TPSA) is 105 Å². The van der Waals surface area contributed by atoms with Crippen molar-refractivity contribution in [3.05, 3.63) is 88.5 Å². The molecule has 0 saturated carbocycles. The number of rotatable bonds is 5. The highest BCUT2D eigenvalue weighted by molar-refractivity contribution is 5.98. The highest BCUT2D eigenvalue weighted by atomic mass is 15.3. The van der Waals surface area contributed by atoms with Crippen LogP contribution in [0.4, 0.5) is 0 Å². The molecule has 134 valence electrons. The van der Waals surface area contributed by atoms with Crippen LogP contribution in [0.15, 0.2) is 60.1 Å². The van der Waals surface area contributed by atoms with Crippen molar-refractivity contribution in [2.45, 2.75) is 26.2 Å². The second-order valence-electron chi connectivity index (χ2n) is 6.37. The van der Waals surface area contributed by atoms with E-state index >= 15 is 0 Å². The van der Waals surface area contributed by atoms with Gasteiger partial charge in [-0.3, -0.25) is 0 Å². The number of hydrogen-bond donors (Lipinski definition) is 4. The summed E-state index contributed by atoms with van der Waals surface area (Å²) in [6.07, 6.45) is 4.49. The normalized spacial score (nSPS) is 12.8. The maximum Gasteiger partial charge on any atom is 0.166 e. The van der Waals surface area contributed by atoms with E-state index in [0.717, 1.165) is 17.7 Å². The first kappa shape index (κ1) is 17.7. The van der Waals surface area contributed by atoms with Gasteiger partial charge >= 0.3 is 0 Å². The molecule has 2 aromatic carbocycles. The molecule has 0 aliphatic heterocycles. The van der Waals surface area contributed by atoms with Crippen LogP contribution in [0.2, 0.25) is 0 Å². The second kappa shape index (κ2) is 7.84. The lowest BCUT2D eigenvalue weighted by atomic mass is 9.85. The Balaban J connectivity index is 1.93. The van der Waals surface area contributed by atoms with Gasteiger partial charge in [-0.05, 0) is 42.5 Å². The summed E-state index contributed by atoms with van der Waals surface area (Å²) < 4.78 is 0. The van der Waals surface area contributed by atoms with Crippen molar-refractivity contribution in [1.82, 2.24) is 15.4 Å². The van der Waals surface area contributed by atoms with E-state index in [2.05, 4.69) is 64.7 Å². The van der Waals surface area contributed by atoms with Gasteiger partial charge in [0.2, 0.25) is 0 Å². The van der Waals surface area contributed by atoms with E-state index in [0.29, 0.717) is 5.84 Å². The largest absolute Gasteiger partial charge is 0.348 e. The minimum Gasteiger partial charge on any atom is -0.348 e. The molecule has 1 atom stereocenters. The molecule has 6 N–H and O–H groups in total. The first-order chi connectivity index (χ1) is 12.6. The van der Waals surface area contributed by atoms with Gasteiger partial charge in [0.05, 0.1) is 6.33 Å². The number of nitrogens with two attached hydrogens (primary N) is 2. The van der Waals surface area contributed by atoms with Crippen molar-refractivity contribution in [3.8, 4) is 0 Å². The van der Waals surface area contributed by atoms with E-state index in [1.807, 2.05) is 18.3 Å². The van der Waals surface area contributed by atoms with Crippen molar-refractivity contribution < 1.29 is 0 Å². The van der Waals surface area contributed by atoms with Crippen LogP contribution in [0.3, 0.4) is 0 Å². The molecule has 0 bridgehead atoms. The van der Waals surface area contributed by atoms with Crippen molar-refractivity contribution in [3.63, 3.8) is 0 Å². The number of aromatic amines is 1. The van der Waals surface area contributed by atoms with Gasteiger partial charge in [-0.2, -0.15) is 5.10 Å². The number of aryl methyl sites for hydroxylation is 1. The Labute approximate surface area is 153 Å². The van der Waals surface area contributed by atoms with Crippen LogP contribution in [0.1, 0.15) is 39.4 Å². The monoisotopic (exact) mass is 348 g/mol. The number of nitrogens with zero attached hydrogens (tertiary/aromatic N) is 2. The third-order valence-electron chi connectivity index (χ3n) is 4.85. The van der Waals surface area contributed by atoms with Crippen LogP contribution in [0, 0.1) is 13.8 Å². The third-order valence-corrected chi connectivity index (χ3v) is 4.85. The molecule has 0 aliphatic carbocycles. The molecule has 0 aliphatic rings. The molecule has 1 aromatic heterocycles. The summed E-state index contributed by atoms with van der Waals surface area (Å²) in [5.74, 6) is 11.4. The van der Waals surface area contributed by atoms with Crippen LogP contribution in [0.5, 0.6) is 0 Å². The molecular formula is C20H24N6. The van der Waals surface area contributed by atoms with E-state index in [1.54, 1.807) is 6.33 Å². The van der Waals surface area contributed by atoms with E-state index in [1.165, 1.54) is 22.3 Å². The average Bonchev–Trinajstić information content (AvgIpc) is 3.19. The lowest BCUT2D eigenvalue weighted by molar-refractivity contribution is 0.772. The van der Waals surface area contributed by atoms with Crippen LogP contribution in [-0.4, -0.2) is 15.8 Å². The summed E-state index contributed by atoms with van der Waals surface area (Å²) >= 11 is 0. The van der Waals surface area contributed by atoms with Gasteiger partial charge in [0.25, 0.3) is 0 Å². The number of H-pyrrole nitrogens is 1. The van der Waals surface area contributed by atoms with Crippen molar-refractivity contribution in [2.24, 2.45) is 16.8 Å². The number of aromatic nitrogens is 2. The van der Waals surface area contributed by atoms with Gasteiger partial charge in [-0.15, -0.1) is 0 Å². The smallest absolute Gasteiger partial charge is 0.166 e. The van der Waals surface area contributed by atoms with Crippen molar-refractivity contribution >= 4 is 5.84 Å². The van der Waals surface area contributed by atoms with Crippen molar-refractivity contribution in [1.29, 1.82) is 0 Å². The highest BCUT2D eigenvalue weighted by Gasteiger charge is 2.19. The maximum atomic E-state index is 5.43. The summed E-state index contributed by atoms with van der Waals surface area (Å²) in [7, 11) is 0. The second-order valence-corrected chi connectivity index (χ2v) is 6.37. The van der Waals surface area contributed by atoms with E-state index < -0.39 is 0 Å². The highest BCUT2D eigenvalue weighted by Crippen LogP contribution is 2.30. The van der Waals surface area contributed by atoms with Gasteiger partial charge in [0, 0.05) is 23.4 Å². The fraction of sp³-hybridized carbons (Fsp3) is 0.200. The van der Waals surface area contributed by atoms with Gasteiger partial charge < -0.3 is 16.3 Å². The van der Waals surface area contributed by atoms with E-state index in [9.17, 15) is 0 Å². The number of nitrogens with one attached hydrogen (secondary N) is 2. The first-order valence-electron chi connectivity index (χ1n) is 8.52. The fourth-order valence-corrected chi connectivity index (χ4v) is 3.23. The Morgan fingerprint density at radius 2 is 1.96 bits per heavy atom. The molecule has 3 rings (SSSR count). The van der Waals surface area contributed by atoms with Crippen LogP contribution >= 0.6 is 0 Å². The molecule has 0 fully saturated rings. The molecule has 1 unspecified atom stereocenters. The molecule has 3 aromatic rings. The lowest BCUT2D eigenvalue weighted by Gasteiger charge is -2.20. The molecule has 26 heavy (non-hydrogen) atoms. The molecule has 6 nitrogen and oxygen atoms in total. The minimum absolute atomic E-state index is 0.207. The molecular weight excluding hydrogens is 324 g/mol. The number of hydrazine groups is 1.